The van der Waals surface area contributed by atoms with Crippen molar-refractivity contribution in [2.75, 3.05) is 44.0 Å². The molecule has 3 heterocycles. The molecular weight excluding hydrogens is 352 g/mol. The number of benzene rings is 1. The molecule has 1 aliphatic rings. The van der Waals surface area contributed by atoms with Crippen molar-refractivity contribution >= 4 is 22.5 Å². The zero-order valence-electron chi connectivity index (χ0n) is 16.7. The van der Waals surface area contributed by atoms with Crippen LogP contribution in [0.3, 0.4) is 0 Å². The van der Waals surface area contributed by atoms with Crippen molar-refractivity contribution in [3.05, 3.63) is 48.4 Å². The summed E-state index contributed by atoms with van der Waals surface area (Å²) in [6.07, 6.45) is 2.07. The van der Waals surface area contributed by atoms with Crippen molar-refractivity contribution in [1.82, 2.24) is 19.9 Å². The van der Waals surface area contributed by atoms with E-state index in [-0.39, 0.29) is 12.1 Å². The van der Waals surface area contributed by atoms with Gasteiger partial charge in [0.2, 0.25) is 0 Å². The quantitative estimate of drug-likeness (QED) is 0.682. The normalized spacial score (nSPS) is 19.7. The van der Waals surface area contributed by atoms with Gasteiger partial charge in [-0.2, -0.15) is 0 Å². The molecule has 2 aromatic heterocycles. The first-order chi connectivity index (χ1) is 13.5. The largest absolute Gasteiger partial charge is 0.391 e. The lowest BCUT2D eigenvalue weighted by atomic mass is 10.2. The molecule has 7 nitrogen and oxygen atoms in total. The molecule has 0 amide bonds. The topological polar surface area (TPSA) is 71.5 Å². The van der Waals surface area contributed by atoms with E-state index in [1.165, 1.54) is 5.39 Å². The number of aliphatic hydroxyl groups excluding tert-OH is 1. The highest BCUT2D eigenvalue weighted by atomic mass is 16.3. The lowest BCUT2D eigenvalue weighted by Gasteiger charge is -2.28. The van der Waals surface area contributed by atoms with E-state index < -0.39 is 0 Å². The molecule has 7 heteroatoms. The minimum Gasteiger partial charge on any atom is -0.391 e. The molecular formula is C21H28N6O. The first-order valence-electron chi connectivity index (χ1n) is 9.69. The SMILES string of the molecule is CN(C)C[C@H]1C[C@@H](O)CN1c1cc(N(C)Cc2cc3ccccc3[nH]2)ncn1. The van der Waals surface area contributed by atoms with Gasteiger partial charge >= 0.3 is 0 Å². The number of para-hydroxylation sites is 1. The third kappa shape index (κ3) is 3.95. The summed E-state index contributed by atoms with van der Waals surface area (Å²) >= 11 is 0. The maximum absolute atomic E-state index is 10.2. The van der Waals surface area contributed by atoms with Gasteiger partial charge in [-0.25, -0.2) is 9.97 Å². The first-order valence-corrected chi connectivity index (χ1v) is 9.69. The van der Waals surface area contributed by atoms with E-state index in [2.05, 4.69) is 68.0 Å². The highest BCUT2D eigenvalue weighted by molar-refractivity contribution is 5.80. The Morgan fingerprint density at radius 1 is 1.18 bits per heavy atom. The predicted molar refractivity (Wildman–Crippen MR) is 113 cm³/mol. The predicted octanol–water partition coefficient (Wildman–Crippen LogP) is 2.10. The van der Waals surface area contributed by atoms with Crippen LogP contribution in [0.4, 0.5) is 11.6 Å². The molecule has 0 bridgehead atoms. The zero-order valence-corrected chi connectivity index (χ0v) is 16.7. The Kier molecular flexibility index (Phi) is 5.19. The van der Waals surface area contributed by atoms with Crippen LogP contribution < -0.4 is 9.80 Å². The smallest absolute Gasteiger partial charge is 0.134 e. The van der Waals surface area contributed by atoms with Crippen LogP contribution in [0, 0.1) is 0 Å². The maximum atomic E-state index is 10.2. The van der Waals surface area contributed by atoms with Crippen LogP contribution >= 0.6 is 0 Å². The second-order valence-corrected chi connectivity index (χ2v) is 7.93. The molecule has 0 unspecified atom stereocenters. The molecule has 0 aliphatic carbocycles. The van der Waals surface area contributed by atoms with Crippen molar-refractivity contribution in [1.29, 1.82) is 0 Å². The van der Waals surface area contributed by atoms with Crippen molar-refractivity contribution < 1.29 is 5.11 Å². The van der Waals surface area contributed by atoms with Crippen molar-refractivity contribution in [2.45, 2.75) is 25.1 Å². The summed E-state index contributed by atoms with van der Waals surface area (Å²) in [6, 6.07) is 12.7. The third-order valence-corrected chi connectivity index (χ3v) is 5.29. The van der Waals surface area contributed by atoms with Crippen LogP contribution in [0.2, 0.25) is 0 Å². The number of nitrogens with zero attached hydrogens (tertiary/aromatic N) is 5. The molecule has 1 aromatic carbocycles. The van der Waals surface area contributed by atoms with Crippen molar-refractivity contribution in [3.8, 4) is 0 Å². The molecule has 28 heavy (non-hydrogen) atoms. The number of aliphatic hydroxyl groups is 1. The van der Waals surface area contributed by atoms with Gasteiger partial charge in [0, 0.05) is 43.5 Å². The van der Waals surface area contributed by atoms with Crippen LogP contribution in [0.1, 0.15) is 12.1 Å². The van der Waals surface area contributed by atoms with E-state index in [1.54, 1.807) is 6.33 Å². The number of hydrogen-bond donors (Lipinski definition) is 2. The summed E-state index contributed by atoms with van der Waals surface area (Å²) < 4.78 is 0. The number of anilines is 2. The van der Waals surface area contributed by atoms with Crippen molar-refractivity contribution in [2.24, 2.45) is 0 Å². The molecule has 2 N–H and O–H groups in total. The summed E-state index contributed by atoms with van der Waals surface area (Å²) in [6.45, 7) is 2.23. The highest BCUT2D eigenvalue weighted by Gasteiger charge is 2.32. The van der Waals surface area contributed by atoms with Crippen LogP contribution in [0.15, 0.2) is 42.7 Å². The fraction of sp³-hybridized carbons (Fsp3) is 0.429. The number of aromatic nitrogens is 3. The second kappa shape index (κ2) is 7.77. The molecule has 148 valence electrons. The summed E-state index contributed by atoms with van der Waals surface area (Å²) in [5.74, 6) is 1.74. The number of aromatic amines is 1. The zero-order chi connectivity index (χ0) is 19.7. The molecule has 1 saturated heterocycles. The Hall–Kier alpha value is -2.64. The van der Waals surface area contributed by atoms with E-state index in [0.29, 0.717) is 6.54 Å². The molecule has 1 fully saturated rings. The number of hydrogen-bond acceptors (Lipinski definition) is 6. The van der Waals surface area contributed by atoms with E-state index in [4.69, 9.17) is 0 Å². The average Bonchev–Trinajstić information content (AvgIpc) is 3.23. The van der Waals surface area contributed by atoms with Crippen LogP contribution in [0.25, 0.3) is 10.9 Å². The van der Waals surface area contributed by atoms with Gasteiger partial charge in [0.25, 0.3) is 0 Å². The molecule has 4 rings (SSSR count). The van der Waals surface area contributed by atoms with Gasteiger partial charge in [-0.05, 0) is 38.0 Å². The van der Waals surface area contributed by atoms with Gasteiger partial charge in [-0.3, -0.25) is 0 Å². The monoisotopic (exact) mass is 380 g/mol. The summed E-state index contributed by atoms with van der Waals surface area (Å²) in [5, 5.41) is 11.4. The number of likely N-dealkylation sites (N-methyl/N-ethyl adjacent to an activating group) is 1. The standard InChI is InChI=1S/C21H28N6O/c1-25(2)12-17-9-18(28)13-27(17)21-10-20(22-14-23-21)26(3)11-16-8-15-6-4-5-7-19(15)24-16/h4-8,10,14,17-18,24,28H,9,11-13H2,1-3H3/t17-,18-/m1/s1. The summed E-state index contributed by atoms with van der Waals surface area (Å²) in [7, 11) is 6.15. The lowest BCUT2D eigenvalue weighted by molar-refractivity contribution is 0.191. The molecule has 3 aromatic rings. The Morgan fingerprint density at radius 3 is 2.79 bits per heavy atom. The fourth-order valence-corrected chi connectivity index (χ4v) is 4.03. The maximum Gasteiger partial charge on any atom is 0.134 e. The van der Waals surface area contributed by atoms with Gasteiger partial charge in [-0.1, -0.05) is 18.2 Å². The lowest BCUT2D eigenvalue weighted by Crippen LogP contribution is -2.38. The Labute approximate surface area is 165 Å². The highest BCUT2D eigenvalue weighted by Crippen LogP contribution is 2.27. The molecule has 2 atom stereocenters. The second-order valence-electron chi connectivity index (χ2n) is 7.93. The summed E-state index contributed by atoms with van der Waals surface area (Å²) in [4.78, 5) is 18.9. The summed E-state index contributed by atoms with van der Waals surface area (Å²) in [5.41, 5.74) is 2.29. The molecule has 0 spiro atoms. The van der Waals surface area contributed by atoms with Gasteiger partial charge in [-0.15, -0.1) is 0 Å². The molecule has 0 saturated carbocycles. The van der Waals surface area contributed by atoms with Crippen LogP contribution in [-0.2, 0) is 6.54 Å². The first kappa shape index (κ1) is 18.7. The Morgan fingerprint density at radius 2 is 2.00 bits per heavy atom. The number of fused-ring (bicyclic) bond motifs is 1. The number of H-pyrrole nitrogens is 1. The van der Waals surface area contributed by atoms with Gasteiger partial charge < -0.3 is 24.8 Å². The van der Waals surface area contributed by atoms with E-state index in [0.717, 1.165) is 42.4 Å². The van der Waals surface area contributed by atoms with E-state index in [1.807, 2.05) is 19.2 Å². The number of nitrogens with one attached hydrogen (secondary N) is 1. The molecule has 1 aliphatic heterocycles. The third-order valence-electron chi connectivity index (χ3n) is 5.29. The van der Waals surface area contributed by atoms with Gasteiger partial charge in [0.05, 0.1) is 12.6 Å². The van der Waals surface area contributed by atoms with E-state index >= 15 is 0 Å². The number of β-amino-alcohol motifs (C(OH)–C–C–N with tert-alkyl or cyclic N) is 1. The molecule has 0 radical (unpaired) electrons. The van der Waals surface area contributed by atoms with E-state index in [9.17, 15) is 5.11 Å². The minimum absolute atomic E-state index is 0.256. The Bertz CT molecular complexity index is 906. The fourth-order valence-electron chi connectivity index (χ4n) is 4.03. The van der Waals surface area contributed by atoms with Crippen LogP contribution in [0.5, 0.6) is 0 Å². The van der Waals surface area contributed by atoms with Gasteiger partial charge in [0.1, 0.15) is 18.0 Å². The van der Waals surface area contributed by atoms with Crippen molar-refractivity contribution in [3.63, 3.8) is 0 Å². The van der Waals surface area contributed by atoms with Gasteiger partial charge in [0.15, 0.2) is 0 Å². The average molecular weight is 380 g/mol. The van der Waals surface area contributed by atoms with Crippen LogP contribution in [-0.4, -0.2) is 71.3 Å². The Balaban J connectivity index is 1.52. The number of rotatable bonds is 6. The minimum atomic E-state index is -0.313.